The summed E-state index contributed by atoms with van der Waals surface area (Å²) in [5, 5.41) is 7.45. The lowest BCUT2D eigenvalue weighted by molar-refractivity contribution is 0.153. The van der Waals surface area contributed by atoms with E-state index in [2.05, 4.69) is 36.1 Å². The van der Waals surface area contributed by atoms with Crippen molar-refractivity contribution in [3.63, 3.8) is 0 Å². The lowest BCUT2D eigenvalue weighted by Gasteiger charge is -2.06. The molecule has 14 heavy (non-hydrogen) atoms. The van der Waals surface area contributed by atoms with Gasteiger partial charge >= 0.3 is 6.09 Å². The number of carbonyl (C=O) groups excluding carboxylic acids is 1. The minimum absolute atomic E-state index is 0.452. The summed E-state index contributed by atoms with van der Waals surface area (Å²) >= 11 is 1.62. The fourth-order valence-corrected chi connectivity index (χ4v) is 1.70. The maximum Gasteiger partial charge on any atom is 0.433 e. The van der Waals surface area contributed by atoms with E-state index in [0.29, 0.717) is 5.25 Å². The Hall–Kier alpha value is -0.710. The van der Waals surface area contributed by atoms with Crippen molar-refractivity contribution >= 4 is 22.9 Å². The van der Waals surface area contributed by atoms with Crippen molar-refractivity contribution in [3.05, 3.63) is 0 Å². The van der Waals surface area contributed by atoms with Crippen LogP contribution in [0.25, 0.3) is 0 Å². The number of oxime groups is 1. The molecule has 5 heteroatoms. The second kappa shape index (κ2) is 7.67. The van der Waals surface area contributed by atoms with Crippen LogP contribution in [-0.2, 0) is 4.84 Å². The van der Waals surface area contributed by atoms with Gasteiger partial charge in [0.2, 0.25) is 0 Å². The molecule has 0 spiro atoms. The monoisotopic (exact) mass is 218 g/mol. The molecule has 0 aliphatic carbocycles. The number of amides is 1. The molecule has 1 N–H and O–H groups in total. The summed E-state index contributed by atoms with van der Waals surface area (Å²) in [6.45, 7) is 6.22. The van der Waals surface area contributed by atoms with Crippen LogP contribution in [0.4, 0.5) is 4.79 Å². The second-order valence-corrected chi connectivity index (χ2v) is 4.68. The minimum atomic E-state index is -0.525. The van der Waals surface area contributed by atoms with Crippen molar-refractivity contribution < 1.29 is 9.63 Å². The van der Waals surface area contributed by atoms with Crippen LogP contribution in [0.15, 0.2) is 5.16 Å². The maximum atomic E-state index is 10.8. The Labute approximate surface area is 89.5 Å². The Bertz CT molecular complexity index is 205. The largest absolute Gasteiger partial charge is 0.433 e. The smallest absolute Gasteiger partial charge is 0.323 e. The number of rotatable bonds is 4. The summed E-state index contributed by atoms with van der Waals surface area (Å²) in [4.78, 5) is 15.4. The highest BCUT2D eigenvalue weighted by Crippen LogP contribution is 2.15. The first-order valence-electron chi connectivity index (χ1n) is 4.72. The SMILES string of the molecule is CCCC(=NOC(=O)NC)SC(C)C. The third kappa shape index (κ3) is 6.77. The van der Waals surface area contributed by atoms with Crippen molar-refractivity contribution in [2.75, 3.05) is 7.05 Å². The normalized spacial score (nSPS) is 11.6. The van der Waals surface area contributed by atoms with E-state index in [-0.39, 0.29) is 0 Å². The molecule has 0 radical (unpaired) electrons. The van der Waals surface area contributed by atoms with E-state index < -0.39 is 6.09 Å². The quantitative estimate of drug-likeness (QED) is 0.341. The molecule has 0 aromatic carbocycles. The molecule has 0 aromatic heterocycles. The fraction of sp³-hybridized carbons (Fsp3) is 0.778. The second-order valence-electron chi connectivity index (χ2n) is 3.03. The zero-order valence-electron chi connectivity index (χ0n) is 9.16. The van der Waals surface area contributed by atoms with Gasteiger partial charge in [0.15, 0.2) is 0 Å². The number of nitrogens with one attached hydrogen (secondary N) is 1. The number of carbonyl (C=O) groups is 1. The van der Waals surface area contributed by atoms with Gasteiger partial charge in [0.05, 0.1) is 0 Å². The molecular weight excluding hydrogens is 200 g/mol. The van der Waals surface area contributed by atoms with Crippen molar-refractivity contribution in [1.82, 2.24) is 5.32 Å². The molecule has 0 aliphatic heterocycles. The summed E-state index contributed by atoms with van der Waals surface area (Å²) < 4.78 is 0. The van der Waals surface area contributed by atoms with Gasteiger partial charge in [0.25, 0.3) is 0 Å². The number of thioether (sulfide) groups is 1. The van der Waals surface area contributed by atoms with Crippen LogP contribution < -0.4 is 5.32 Å². The Morgan fingerprint density at radius 2 is 2.21 bits per heavy atom. The van der Waals surface area contributed by atoms with Crippen molar-refractivity contribution in [1.29, 1.82) is 0 Å². The molecule has 0 aromatic rings. The predicted molar refractivity (Wildman–Crippen MR) is 60.6 cm³/mol. The third-order valence-electron chi connectivity index (χ3n) is 1.27. The molecule has 0 unspecified atom stereocenters. The van der Waals surface area contributed by atoms with Gasteiger partial charge < -0.3 is 5.32 Å². The van der Waals surface area contributed by atoms with E-state index in [1.807, 2.05) is 0 Å². The van der Waals surface area contributed by atoms with Crippen LogP contribution in [-0.4, -0.2) is 23.4 Å². The zero-order chi connectivity index (χ0) is 11.0. The van der Waals surface area contributed by atoms with E-state index in [4.69, 9.17) is 0 Å². The first kappa shape index (κ1) is 13.3. The topological polar surface area (TPSA) is 50.7 Å². The molecule has 4 nitrogen and oxygen atoms in total. The molecule has 0 atom stereocenters. The van der Waals surface area contributed by atoms with Crippen LogP contribution in [0.1, 0.15) is 33.6 Å². The zero-order valence-corrected chi connectivity index (χ0v) is 9.98. The maximum absolute atomic E-state index is 10.8. The lowest BCUT2D eigenvalue weighted by atomic mass is 10.4. The number of nitrogens with zero attached hydrogens (tertiary/aromatic N) is 1. The minimum Gasteiger partial charge on any atom is -0.323 e. The molecule has 0 aliphatic rings. The average Bonchev–Trinajstić information content (AvgIpc) is 2.13. The predicted octanol–water partition coefficient (Wildman–Crippen LogP) is 2.60. The van der Waals surface area contributed by atoms with E-state index >= 15 is 0 Å². The number of hydrogen-bond donors (Lipinski definition) is 1. The van der Waals surface area contributed by atoms with Gasteiger partial charge in [-0.05, 0) is 12.8 Å². The van der Waals surface area contributed by atoms with Crippen LogP contribution >= 0.6 is 11.8 Å². The van der Waals surface area contributed by atoms with E-state index in [0.717, 1.165) is 17.9 Å². The Morgan fingerprint density at radius 1 is 1.57 bits per heavy atom. The van der Waals surface area contributed by atoms with E-state index in [9.17, 15) is 4.79 Å². The van der Waals surface area contributed by atoms with Gasteiger partial charge in [-0.1, -0.05) is 25.9 Å². The Morgan fingerprint density at radius 3 is 2.64 bits per heavy atom. The van der Waals surface area contributed by atoms with Gasteiger partial charge in [-0.25, -0.2) is 4.79 Å². The molecule has 0 fully saturated rings. The summed E-state index contributed by atoms with van der Waals surface area (Å²) in [7, 11) is 1.51. The Balaban J connectivity index is 4.10. The molecule has 0 saturated heterocycles. The highest BCUT2D eigenvalue weighted by atomic mass is 32.2. The fourth-order valence-electron chi connectivity index (χ4n) is 0.750. The van der Waals surface area contributed by atoms with E-state index in [1.165, 1.54) is 7.05 Å². The van der Waals surface area contributed by atoms with Crippen LogP contribution in [0, 0.1) is 0 Å². The molecule has 0 rings (SSSR count). The highest BCUT2D eigenvalue weighted by molar-refractivity contribution is 8.14. The highest BCUT2D eigenvalue weighted by Gasteiger charge is 2.05. The standard InChI is InChI=1S/C9H18N2O2S/c1-5-6-8(14-7(2)3)11-13-9(12)10-4/h7H,5-6H2,1-4H3,(H,10,12). The molecule has 1 amide bonds. The first-order chi connectivity index (χ1) is 6.60. The summed E-state index contributed by atoms with van der Waals surface area (Å²) in [5.41, 5.74) is 0. The van der Waals surface area contributed by atoms with Gasteiger partial charge in [-0.2, -0.15) is 0 Å². The van der Waals surface area contributed by atoms with Crippen LogP contribution in [0.2, 0.25) is 0 Å². The molecule has 0 saturated carbocycles. The average molecular weight is 218 g/mol. The van der Waals surface area contributed by atoms with Gasteiger partial charge in [-0.3, -0.25) is 4.84 Å². The molecule has 0 heterocycles. The van der Waals surface area contributed by atoms with Gasteiger partial charge in [0.1, 0.15) is 5.04 Å². The van der Waals surface area contributed by atoms with Gasteiger partial charge in [-0.15, -0.1) is 11.8 Å². The van der Waals surface area contributed by atoms with Crippen LogP contribution in [0.3, 0.4) is 0 Å². The van der Waals surface area contributed by atoms with Crippen molar-refractivity contribution in [2.24, 2.45) is 5.16 Å². The Kier molecular flexibility index (Phi) is 7.28. The van der Waals surface area contributed by atoms with E-state index in [1.54, 1.807) is 11.8 Å². The molecule has 82 valence electrons. The molecule has 0 bridgehead atoms. The third-order valence-corrected chi connectivity index (χ3v) is 2.29. The number of hydrogen-bond acceptors (Lipinski definition) is 4. The summed E-state index contributed by atoms with van der Waals surface area (Å²) in [6.07, 6.45) is 1.32. The lowest BCUT2D eigenvalue weighted by Crippen LogP contribution is -2.17. The van der Waals surface area contributed by atoms with Gasteiger partial charge in [0, 0.05) is 12.3 Å². The van der Waals surface area contributed by atoms with Crippen LogP contribution in [0.5, 0.6) is 0 Å². The van der Waals surface area contributed by atoms with Crippen molar-refractivity contribution in [2.45, 2.75) is 38.9 Å². The first-order valence-corrected chi connectivity index (χ1v) is 5.60. The molecular formula is C9H18N2O2S. The van der Waals surface area contributed by atoms with Crippen molar-refractivity contribution in [3.8, 4) is 0 Å². The summed E-state index contributed by atoms with van der Waals surface area (Å²) in [6, 6.07) is 0. The summed E-state index contributed by atoms with van der Waals surface area (Å²) in [5.74, 6) is 0.